The van der Waals surface area contributed by atoms with Crippen LogP contribution in [0.15, 0.2) is 59.5 Å². The molecule has 2 aromatic rings. The van der Waals surface area contributed by atoms with E-state index < -0.39 is 10.0 Å². The van der Waals surface area contributed by atoms with Crippen molar-refractivity contribution in [2.45, 2.75) is 69.1 Å². The molecule has 1 heterocycles. The summed E-state index contributed by atoms with van der Waals surface area (Å²) in [6.07, 6.45) is 7.69. The van der Waals surface area contributed by atoms with Crippen molar-refractivity contribution in [2.24, 2.45) is 11.3 Å². The van der Waals surface area contributed by atoms with Crippen LogP contribution in [0.3, 0.4) is 0 Å². The van der Waals surface area contributed by atoms with Crippen LogP contribution in [0.2, 0.25) is 0 Å². The number of methoxy groups -OCH3 is 1. The zero-order valence-corrected chi connectivity index (χ0v) is 21.2. The molecule has 1 saturated carbocycles. The van der Waals surface area contributed by atoms with Gasteiger partial charge in [0.1, 0.15) is 11.5 Å². The quantitative estimate of drug-likeness (QED) is 0.452. The molecule has 5 nitrogen and oxygen atoms in total. The Labute approximate surface area is 204 Å². The summed E-state index contributed by atoms with van der Waals surface area (Å²) in [5.41, 5.74) is 1.37. The molecule has 4 rings (SSSR count). The molecule has 2 aliphatic rings. The summed E-state index contributed by atoms with van der Waals surface area (Å²) in [5.74, 6) is 1.58. The van der Waals surface area contributed by atoms with E-state index >= 15 is 0 Å². The van der Waals surface area contributed by atoms with Gasteiger partial charge in [0.2, 0.25) is 10.0 Å². The molecule has 1 aliphatic heterocycles. The minimum Gasteiger partial charge on any atom is -0.497 e. The number of piperidine rings is 1. The molecule has 34 heavy (non-hydrogen) atoms. The van der Waals surface area contributed by atoms with E-state index in [9.17, 15) is 13.2 Å². The van der Waals surface area contributed by atoms with E-state index in [1.807, 2.05) is 18.2 Å². The molecular formula is C28H37NO4S. The van der Waals surface area contributed by atoms with Crippen LogP contribution in [0.4, 0.5) is 0 Å². The third-order valence-electron chi connectivity index (χ3n) is 8.08. The van der Waals surface area contributed by atoms with Gasteiger partial charge in [0.25, 0.3) is 0 Å². The highest BCUT2D eigenvalue weighted by molar-refractivity contribution is 7.89. The van der Waals surface area contributed by atoms with Crippen LogP contribution in [0.25, 0.3) is 0 Å². The fourth-order valence-corrected chi connectivity index (χ4v) is 7.42. The van der Waals surface area contributed by atoms with Crippen LogP contribution in [0, 0.1) is 11.3 Å². The molecule has 1 saturated heterocycles. The molecule has 184 valence electrons. The SMILES string of the molecule is CCC(C(=O)CCC1CCC2(CCN(S(=O)(=O)c3ccc(OC)cc3)CC2)C1)c1ccccc1. The van der Waals surface area contributed by atoms with Crippen LogP contribution >= 0.6 is 0 Å². The van der Waals surface area contributed by atoms with E-state index in [1.165, 1.54) is 0 Å². The third kappa shape index (κ3) is 5.38. The van der Waals surface area contributed by atoms with Crippen molar-refractivity contribution in [3.05, 3.63) is 60.2 Å². The zero-order valence-electron chi connectivity index (χ0n) is 20.4. The number of ketones is 1. The number of hydrogen-bond donors (Lipinski definition) is 0. The average molecular weight is 484 g/mol. The standard InChI is InChI=1S/C28H37NO4S/c1-3-26(23-7-5-4-6-8-23)27(30)14-9-22-15-16-28(21-22)17-19-29(20-18-28)34(31,32)25-12-10-24(33-2)11-13-25/h4-8,10-13,22,26H,3,9,14-21H2,1-2H3. The number of nitrogens with zero attached hydrogens (tertiary/aromatic N) is 1. The lowest BCUT2D eigenvalue weighted by molar-refractivity contribution is -0.120. The van der Waals surface area contributed by atoms with Gasteiger partial charge in [0, 0.05) is 25.4 Å². The van der Waals surface area contributed by atoms with Crippen molar-refractivity contribution in [1.29, 1.82) is 0 Å². The maximum atomic E-state index is 13.1. The Morgan fingerprint density at radius 2 is 1.74 bits per heavy atom. The Bertz CT molecular complexity index is 1060. The molecular weight excluding hydrogens is 446 g/mol. The van der Waals surface area contributed by atoms with E-state index in [0.717, 1.165) is 50.5 Å². The van der Waals surface area contributed by atoms with E-state index in [4.69, 9.17) is 4.74 Å². The van der Waals surface area contributed by atoms with E-state index in [0.29, 0.717) is 41.9 Å². The first-order valence-electron chi connectivity index (χ1n) is 12.6. The molecule has 2 fully saturated rings. The van der Waals surface area contributed by atoms with Gasteiger partial charge in [0.15, 0.2) is 0 Å². The van der Waals surface area contributed by atoms with Crippen LogP contribution in [0.5, 0.6) is 5.75 Å². The summed E-state index contributed by atoms with van der Waals surface area (Å²) in [6.45, 7) is 3.24. The van der Waals surface area contributed by atoms with Gasteiger partial charge in [-0.15, -0.1) is 0 Å². The van der Waals surface area contributed by atoms with Crippen LogP contribution in [0.1, 0.15) is 69.8 Å². The third-order valence-corrected chi connectivity index (χ3v) is 10.00. The lowest BCUT2D eigenvalue weighted by atomic mass is 9.76. The summed E-state index contributed by atoms with van der Waals surface area (Å²) in [4.78, 5) is 13.3. The van der Waals surface area contributed by atoms with Gasteiger partial charge in [-0.3, -0.25) is 4.79 Å². The van der Waals surface area contributed by atoms with Crippen molar-refractivity contribution >= 4 is 15.8 Å². The largest absolute Gasteiger partial charge is 0.497 e. The Morgan fingerprint density at radius 3 is 2.35 bits per heavy atom. The maximum absolute atomic E-state index is 13.1. The Hall–Kier alpha value is -2.18. The highest BCUT2D eigenvalue weighted by atomic mass is 32.2. The topological polar surface area (TPSA) is 63.7 Å². The Kier molecular flexibility index (Phi) is 7.78. The number of carbonyl (C=O) groups excluding carboxylic acids is 1. The fourth-order valence-electron chi connectivity index (χ4n) is 5.98. The van der Waals surface area contributed by atoms with E-state index in [2.05, 4.69) is 19.1 Å². The first-order chi connectivity index (χ1) is 16.4. The van der Waals surface area contributed by atoms with Gasteiger partial charge < -0.3 is 4.74 Å². The second-order valence-electron chi connectivity index (χ2n) is 10.1. The molecule has 1 spiro atoms. The predicted octanol–water partition coefficient (Wildman–Crippen LogP) is 5.81. The summed E-state index contributed by atoms with van der Waals surface area (Å²) < 4.78 is 33.0. The number of sulfonamides is 1. The van der Waals surface area contributed by atoms with Crippen molar-refractivity contribution < 1.29 is 17.9 Å². The second kappa shape index (κ2) is 10.6. The maximum Gasteiger partial charge on any atom is 0.243 e. The van der Waals surface area contributed by atoms with E-state index in [1.54, 1.807) is 35.7 Å². The minimum atomic E-state index is -3.47. The number of carbonyl (C=O) groups is 1. The molecule has 0 aromatic heterocycles. The van der Waals surface area contributed by atoms with Crippen molar-refractivity contribution in [3.63, 3.8) is 0 Å². The zero-order chi connectivity index (χ0) is 24.2. The van der Waals surface area contributed by atoms with E-state index in [-0.39, 0.29) is 11.3 Å². The fraction of sp³-hybridized carbons (Fsp3) is 0.536. The first-order valence-corrected chi connectivity index (χ1v) is 14.0. The number of benzene rings is 2. The van der Waals surface area contributed by atoms with Crippen LogP contribution in [-0.2, 0) is 14.8 Å². The molecule has 0 bridgehead atoms. The van der Waals surface area contributed by atoms with Gasteiger partial charge in [0.05, 0.1) is 12.0 Å². The molecule has 2 unspecified atom stereocenters. The normalized spacial score (nSPS) is 21.4. The van der Waals surface area contributed by atoms with Gasteiger partial charge in [-0.1, -0.05) is 37.3 Å². The summed E-state index contributed by atoms with van der Waals surface area (Å²) in [6, 6.07) is 16.8. The molecule has 6 heteroatoms. The van der Waals surface area contributed by atoms with Gasteiger partial charge >= 0.3 is 0 Å². The number of hydrogen-bond acceptors (Lipinski definition) is 4. The molecule has 0 amide bonds. The van der Waals surface area contributed by atoms with Gasteiger partial charge in [-0.2, -0.15) is 4.31 Å². The molecule has 0 N–H and O–H groups in total. The lowest BCUT2D eigenvalue weighted by Crippen LogP contribution is -2.42. The van der Waals surface area contributed by atoms with Crippen LogP contribution in [-0.4, -0.2) is 38.7 Å². The summed E-state index contributed by atoms with van der Waals surface area (Å²) >= 11 is 0. The highest BCUT2D eigenvalue weighted by Crippen LogP contribution is 2.50. The molecule has 2 atom stereocenters. The minimum absolute atomic E-state index is 0.00274. The van der Waals surface area contributed by atoms with Gasteiger partial charge in [-0.25, -0.2) is 8.42 Å². The first kappa shape index (κ1) is 24.9. The molecule has 0 radical (unpaired) electrons. The molecule has 1 aliphatic carbocycles. The average Bonchev–Trinajstić information content (AvgIpc) is 3.26. The summed E-state index contributed by atoms with van der Waals surface area (Å²) in [7, 11) is -1.90. The monoisotopic (exact) mass is 483 g/mol. The van der Waals surface area contributed by atoms with Crippen molar-refractivity contribution in [1.82, 2.24) is 4.31 Å². The summed E-state index contributed by atoms with van der Waals surface area (Å²) in [5, 5.41) is 0. The van der Waals surface area contributed by atoms with Crippen LogP contribution < -0.4 is 4.74 Å². The smallest absolute Gasteiger partial charge is 0.243 e. The lowest BCUT2D eigenvalue weighted by Gasteiger charge is -2.39. The number of rotatable bonds is 9. The Morgan fingerprint density at radius 1 is 1.06 bits per heavy atom. The molecule has 2 aromatic carbocycles. The number of Topliss-reactive ketones (excluding diaryl/α,β-unsaturated/α-hetero) is 1. The van der Waals surface area contributed by atoms with Crippen molar-refractivity contribution in [2.75, 3.05) is 20.2 Å². The Balaban J connectivity index is 1.29. The highest BCUT2D eigenvalue weighted by Gasteiger charge is 2.43. The van der Waals surface area contributed by atoms with Gasteiger partial charge in [-0.05, 0) is 86.1 Å². The predicted molar refractivity (Wildman–Crippen MR) is 134 cm³/mol. The van der Waals surface area contributed by atoms with Crippen molar-refractivity contribution in [3.8, 4) is 5.75 Å². The number of ether oxygens (including phenoxy) is 1. The second-order valence-corrected chi connectivity index (χ2v) is 12.0.